The number of hydrogen-bond donors (Lipinski definition) is 3. The largest absolute Gasteiger partial charge is 0.481 e. The molecule has 0 spiro atoms. The zero-order chi connectivity index (χ0) is 13.8. The van der Waals surface area contributed by atoms with E-state index in [4.69, 9.17) is 5.11 Å². The molecule has 1 aromatic carbocycles. The number of carboxylic acid groups (broad SMARTS) is 1. The molecule has 0 fully saturated rings. The van der Waals surface area contributed by atoms with Crippen LogP contribution in [0.2, 0.25) is 0 Å². The highest BCUT2D eigenvalue weighted by Gasteiger charge is 2.09. The van der Waals surface area contributed by atoms with Gasteiger partial charge in [-0.05, 0) is 17.7 Å². The van der Waals surface area contributed by atoms with Crippen molar-refractivity contribution in [2.75, 3.05) is 13.1 Å². The van der Waals surface area contributed by atoms with Crippen molar-refractivity contribution < 1.29 is 15.0 Å². The Morgan fingerprint density at radius 1 is 1.53 bits per heavy atom. The molecular formula is C13H17N3O3. The second kappa shape index (κ2) is 5.81. The second-order valence-corrected chi connectivity index (χ2v) is 4.47. The first kappa shape index (κ1) is 13.5. The van der Waals surface area contributed by atoms with Gasteiger partial charge in [0, 0.05) is 20.1 Å². The number of imidazole rings is 1. The van der Waals surface area contributed by atoms with Crippen LogP contribution in [-0.2, 0) is 11.8 Å². The molecule has 0 radical (unpaired) electrons. The summed E-state index contributed by atoms with van der Waals surface area (Å²) in [5, 5.41) is 21.4. The summed E-state index contributed by atoms with van der Waals surface area (Å²) >= 11 is 0. The molecule has 0 amide bonds. The number of benzene rings is 1. The van der Waals surface area contributed by atoms with Gasteiger partial charge >= 0.3 is 5.97 Å². The van der Waals surface area contributed by atoms with Gasteiger partial charge in [0.2, 0.25) is 0 Å². The Kier molecular flexibility index (Phi) is 4.13. The van der Waals surface area contributed by atoms with Crippen LogP contribution >= 0.6 is 0 Å². The molecule has 1 heterocycles. The number of nitrogens with one attached hydrogen (secondary N) is 1. The topological polar surface area (TPSA) is 87.4 Å². The minimum absolute atomic E-state index is 0.0476. The number of nitrogens with zero attached hydrogens (tertiary/aromatic N) is 2. The molecule has 2 aromatic rings. The van der Waals surface area contributed by atoms with Crippen LogP contribution < -0.4 is 5.32 Å². The Bertz CT molecular complexity index is 580. The lowest BCUT2D eigenvalue weighted by Crippen LogP contribution is -2.24. The summed E-state index contributed by atoms with van der Waals surface area (Å²) in [6.07, 6.45) is 1.11. The number of hydrogen-bond acceptors (Lipinski definition) is 4. The molecule has 6 heteroatoms. The van der Waals surface area contributed by atoms with Gasteiger partial charge in [0.15, 0.2) is 0 Å². The van der Waals surface area contributed by atoms with Gasteiger partial charge in [-0.2, -0.15) is 0 Å². The van der Waals surface area contributed by atoms with E-state index in [1.54, 1.807) is 6.33 Å². The van der Waals surface area contributed by atoms with Crippen LogP contribution in [-0.4, -0.2) is 38.8 Å². The van der Waals surface area contributed by atoms with E-state index in [0.29, 0.717) is 13.1 Å². The quantitative estimate of drug-likeness (QED) is 0.667. The zero-order valence-electron chi connectivity index (χ0n) is 10.7. The SMILES string of the molecule is Cn1cnc2cc(C(O)CNCCC(=O)O)ccc21. The van der Waals surface area contributed by atoms with Crippen LogP contribution in [0.4, 0.5) is 0 Å². The molecule has 1 atom stereocenters. The number of aliphatic hydroxyl groups is 1. The normalized spacial score (nSPS) is 12.7. The molecule has 0 aliphatic rings. The molecule has 2 rings (SSSR count). The summed E-state index contributed by atoms with van der Waals surface area (Å²) in [6, 6.07) is 5.62. The molecule has 1 unspecified atom stereocenters. The maximum absolute atomic E-state index is 10.3. The number of fused-ring (bicyclic) bond motifs is 1. The van der Waals surface area contributed by atoms with Crippen LogP contribution in [0, 0.1) is 0 Å². The van der Waals surface area contributed by atoms with E-state index in [-0.39, 0.29) is 6.42 Å². The van der Waals surface area contributed by atoms with Gasteiger partial charge in [0.25, 0.3) is 0 Å². The Morgan fingerprint density at radius 3 is 3.05 bits per heavy atom. The molecule has 6 nitrogen and oxygen atoms in total. The van der Waals surface area contributed by atoms with E-state index in [2.05, 4.69) is 10.3 Å². The third-order valence-corrected chi connectivity index (χ3v) is 2.99. The molecule has 0 bridgehead atoms. The van der Waals surface area contributed by atoms with Crippen molar-refractivity contribution in [2.45, 2.75) is 12.5 Å². The minimum Gasteiger partial charge on any atom is -0.481 e. The lowest BCUT2D eigenvalue weighted by molar-refractivity contribution is -0.136. The van der Waals surface area contributed by atoms with Crippen LogP contribution in [0.5, 0.6) is 0 Å². The van der Waals surface area contributed by atoms with Crippen molar-refractivity contribution in [2.24, 2.45) is 7.05 Å². The molecule has 1 aromatic heterocycles. The van der Waals surface area contributed by atoms with E-state index >= 15 is 0 Å². The highest BCUT2D eigenvalue weighted by molar-refractivity contribution is 5.76. The average molecular weight is 263 g/mol. The van der Waals surface area contributed by atoms with Crippen LogP contribution in [0.1, 0.15) is 18.1 Å². The lowest BCUT2D eigenvalue weighted by Gasteiger charge is -2.11. The highest BCUT2D eigenvalue weighted by Crippen LogP contribution is 2.18. The van der Waals surface area contributed by atoms with Crippen LogP contribution in [0.25, 0.3) is 11.0 Å². The van der Waals surface area contributed by atoms with Gasteiger partial charge in [-0.15, -0.1) is 0 Å². The molecule has 102 valence electrons. The Morgan fingerprint density at radius 2 is 2.32 bits per heavy atom. The van der Waals surface area contributed by atoms with Gasteiger partial charge in [0.05, 0.1) is 29.9 Å². The lowest BCUT2D eigenvalue weighted by atomic mass is 10.1. The van der Waals surface area contributed by atoms with E-state index in [9.17, 15) is 9.90 Å². The first-order chi connectivity index (χ1) is 9.08. The number of rotatable bonds is 6. The maximum Gasteiger partial charge on any atom is 0.304 e. The molecule has 0 saturated carbocycles. The number of aliphatic hydroxyl groups excluding tert-OH is 1. The van der Waals surface area contributed by atoms with Crippen molar-refractivity contribution in [3.8, 4) is 0 Å². The summed E-state index contributed by atoms with van der Waals surface area (Å²) in [4.78, 5) is 14.6. The van der Waals surface area contributed by atoms with Crippen molar-refractivity contribution in [1.82, 2.24) is 14.9 Å². The predicted molar refractivity (Wildman–Crippen MR) is 70.8 cm³/mol. The van der Waals surface area contributed by atoms with E-state index in [1.807, 2.05) is 29.8 Å². The van der Waals surface area contributed by atoms with Crippen LogP contribution in [0.15, 0.2) is 24.5 Å². The number of carbonyl (C=O) groups is 1. The highest BCUT2D eigenvalue weighted by atomic mass is 16.4. The molecular weight excluding hydrogens is 246 g/mol. The van der Waals surface area contributed by atoms with E-state index < -0.39 is 12.1 Å². The van der Waals surface area contributed by atoms with E-state index in [0.717, 1.165) is 16.6 Å². The second-order valence-electron chi connectivity index (χ2n) is 4.47. The summed E-state index contributed by atoms with van der Waals surface area (Å²) < 4.78 is 1.91. The van der Waals surface area contributed by atoms with Crippen molar-refractivity contribution in [3.63, 3.8) is 0 Å². The van der Waals surface area contributed by atoms with Crippen molar-refractivity contribution in [1.29, 1.82) is 0 Å². The molecule has 0 saturated heterocycles. The van der Waals surface area contributed by atoms with Gasteiger partial charge in [-0.1, -0.05) is 6.07 Å². The fourth-order valence-corrected chi connectivity index (χ4v) is 1.91. The predicted octanol–water partition coefficient (Wildman–Crippen LogP) is 0.671. The standard InChI is InChI=1S/C13H17N3O3/c1-16-8-15-10-6-9(2-3-11(10)16)12(17)7-14-5-4-13(18)19/h2-3,6,8,12,14,17H,4-5,7H2,1H3,(H,18,19). The molecule has 3 N–H and O–H groups in total. The summed E-state index contributed by atoms with van der Waals surface area (Å²) in [6.45, 7) is 0.670. The Hall–Kier alpha value is -1.92. The number of aliphatic carboxylic acids is 1. The average Bonchev–Trinajstić information content (AvgIpc) is 2.75. The summed E-state index contributed by atoms with van der Waals surface area (Å²) in [5.41, 5.74) is 2.62. The van der Waals surface area contributed by atoms with Gasteiger partial charge in [-0.3, -0.25) is 4.79 Å². The smallest absolute Gasteiger partial charge is 0.304 e. The minimum atomic E-state index is -0.850. The number of aryl methyl sites for hydroxylation is 1. The van der Waals surface area contributed by atoms with Crippen LogP contribution in [0.3, 0.4) is 0 Å². The third kappa shape index (κ3) is 3.30. The fraction of sp³-hybridized carbons (Fsp3) is 0.385. The number of aromatic nitrogens is 2. The van der Waals surface area contributed by atoms with Gasteiger partial charge in [-0.25, -0.2) is 4.98 Å². The number of carboxylic acids is 1. The molecule has 0 aliphatic heterocycles. The molecule has 0 aliphatic carbocycles. The third-order valence-electron chi connectivity index (χ3n) is 2.99. The monoisotopic (exact) mass is 263 g/mol. The first-order valence-electron chi connectivity index (χ1n) is 6.09. The molecule has 19 heavy (non-hydrogen) atoms. The Balaban J connectivity index is 1.97. The van der Waals surface area contributed by atoms with Gasteiger partial charge in [0.1, 0.15) is 0 Å². The zero-order valence-corrected chi connectivity index (χ0v) is 10.7. The summed E-state index contributed by atoms with van der Waals surface area (Å²) in [5.74, 6) is -0.850. The Labute approximate surface area is 110 Å². The summed E-state index contributed by atoms with van der Waals surface area (Å²) in [7, 11) is 1.92. The van der Waals surface area contributed by atoms with Gasteiger partial charge < -0.3 is 20.1 Å². The van der Waals surface area contributed by atoms with E-state index in [1.165, 1.54) is 0 Å². The first-order valence-corrected chi connectivity index (χ1v) is 6.09. The maximum atomic E-state index is 10.3. The van der Waals surface area contributed by atoms with Crippen molar-refractivity contribution >= 4 is 17.0 Å². The van der Waals surface area contributed by atoms with Crippen molar-refractivity contribution in [3.05, 3.63) is 30.1 Å². The fourth-order valence-electron chi connectivity index (χ4n) is 1.91.